The van der Waals surface area contributed by atoms with Crippen molar-refractivity contribution in [3.05, 3.63) is 12.2 Å². The molecule has 1 N–H and O–H groups in total. The lowest BCUT2D eigenvalue weighted by atomic mass is 9.84. The zero-order valence-electron chi connectivity index (χ0n) is 9.50. The number of rotatable bonds is 6. The Morgan fingerprint density at radius 3 is 2.33 bits per heavy atom. The largest absolute Gasteiger partial charge is 0.480 e. The molecule has 4 heteroatoms. The van der Waals surface area contributed by atoms with Crippen molar-refractivity contribution in [3.63, 3.8) is 0 Å². The number of carbonyl (C=O) groups excluding carboxylic acids is 1. The molecule has 15 heavy (non-hydrogen) atoms. The molecule has 0 saturated heterocycles. The van der Waals surface area contributed by atoms with E-state index in [1.807, 2.05) is 0 Å². The van der Waals surface area contributed by atoms with Crippen LogP contribution in [0.3, 0.4) is 0 Å². The number of aliphatic carboxylic acids is 1. The van der Waals surface area contributed by atoms with Crippen molar-refractivity contribution in [1.29, 1.82) is 0 Å². The molecule has 4 nitrogen and oxygen atoms in total. The van der Waals surface area contributed by atoms with E-state index in [1.165, 1.54) is 6.92 Å². The van der Waals surface area contributed by atoms with Crippen LogP contribution in [0.4, 0.5) is 0 Å². The summed E-state index contributed by atoms with van der Waals surface area (Å²) in [6.45, 7) is 8.70. The first-order chi connectivity index (χ1) is 6.84. The van der Waals surface area contributed by atoms with Crippen molar-refractivity contribution in [2.45, 2.75) is 33.6 Å². The van der Waals surface area contributed by atoms with Gasteiger partial charge in [-0.05, 0) is 33.6 Å². The highest BCUT2D eigenvalue weighted by Crippen LogP contribution is 2.27. The fourth-order valence-corrected chi connectivity index (χ4v) is 1.05. The predicted molar refractivity (Wildman–Crippen MR) is 56.4 cm³/mol. The molecule has 0 rings (SSSR count). The zero-order chi connectivity index (χ0) is 12.1. The summed E-state index contributed by atoms with van der Waals surface area (Å²) in [5.41, 5.74) is -0.610. The van der Waals surface area contributed by atoms with Crippen molar-refractivity contribution >= 4 is 11.9 Å². The topological polar surface area (TPSA) is 63.6 Å². The average molecular weight is 214 g/mol. The second-order valence-corrected chi connectivity index (χ2v) is 3.81. The lowest BCUT2D eigenvalue weighted by molar-refractivity contribution is -0.167. The zero-order valence-corrected chi connectivity index (χ0v) is 9.50. The molecule has 0 saturated carbocycles. The van der Waals surface area contributed by atoms with E-state index in [0.29, 0.717) is 6.42 Å². The number of carbonyl (C=O) groups is 2. The highest BCUT2D eigenvalue weighted by atomic mass is 16.5. The van der Waals surface area contributed by atoms with Gasteiger partial charge in [0.1, 0.15) is 0 Å². The van der Waals surface area contributed by atoms with E-state index in [-0.39, 0.29) is 13.0 Å². The van der Waals surface area contributed by atoms with Gasteiger partial charge in [-0.2, -0.15) is 0 Å². The molecule has 0 aliphatic heterocycles. The molecule has 86 valence electrons. The molecule has 1 atom stereocenters. The highest BCUT2D eigenvalue weighted by Gasteiger charge is 2.42. The van der Waals surface area contributed by atoms with Gasteiger partial charge in [0.2, 0.25) is 0 Å². The third-order valence-electron chi connectivity index (χ3n) is 2.25. The number of allylic oxidation sites excluding steroid dienone is 1. The van der Waals surface area contributed by atoms with Gasteiger partial charge in [0.15, 0.2) is 5.41 Å². The Kier molecular flexibility index (Phi) is 5.05. The maximum Gasteiger partial charge on any atom is 0.323 e. The number of carboxylic acids is 1. The third kappa shape index (κ3) is 3.73. The van der Waals surface area contributed by atoms with Crippen molar-refractivity contribution in [1.82, 2.24) is 0 Å². The van der Waals surface area contributed by atoms with Crippen LogP contribution in [0.5, 0.6) is 0 Å². The fourth-order valence-electron chi connectivity index (χ4n) is 1.05. The Bertz CT molecular complexity index is 270. The van der Waals surface area contributed by atoms with Crippen LogP contribution >= 0.6 is 0 Å². The van der Waals surface area contributed by atoms with Crippen molar-refractivity contribution in [2.24, 2.45) is 5.41 Å². The van der Waals surface area contributed by atoms with Crippen LogP contribution in [-0.2, 0) is 14.3 Å². The van der Waals surface area contributed by atoms with Gasteiger partial charge in [-0.25, -0.2) is 0 Å². The molecule has 0 spiro atoms. The summed E-state index contributed by atoms with van der Waals surface area (Å²) in [4.78, 5) is 22.5. The summed E-state index contributed by atoms with van der Waals surface area (Å²) < 4.78 is 4.75. The Hall–Kier alpha value is -1.32. The van der Waals surface area contributed by atoms with Gasteiger partial charge in [-0.1, -0.05) is 5.57 Å². The van der Waals surface area contributed by atoms with E-state index in [1.54, 1.807) is 13.8 Å². The Morgan fingerprint density at radius 2 is 2.00 bits per heavy atom. The number of hydrogen-bond acceptors (Lipinski definition) is 3. The van der Waals surface area contributed by atoms with Crippen LogP contribution in [0.25, 0.3) is 0 Å². The van der Waals surface area contributed by atoms with E-state index in [4.69, 9.17) is 9.84 Å². The predicted octanol–water partition coefficient (Wildman–Crippen LogP) is 2.00. The van der Waals surface area contributed by atoms with Crippen LogP contribution in [0.15, 0.2) is 12.2 Å². The maximum absolute atomic E-state index is 11.5. The summed E-state index contributed by atoms with van der Waals surface area (Å²) in [7, 11) is 0. The van der Waals surface area contributed by atoms with Gasteiger partial charge in [0, 0.05) is 0 Å². The van der Waals surface area contributed by atoms with Gasteiger partial charge in [0.25, 0.3) is 0 Å². The number of carboxylic acid groups (broad SMARTS) is 1. The average Bonchev–Trinajstić information content (AvgIpc) is 2.14. The molecule has 0 aromatic carbocycles. The molecule has 0 aromatic heterocycles. The molecule has 0 aliphatic rings. The fraction of sp³-hybridized carbons (Fsp3) is 0.636. The van der Waals surface area contributed by atoms with E-state index < -0.39 is 17.4 Å². The Balaban J connectivity index is 4.66. The quantitative estimate of drug-likeness (QED) is 0.417. The number of esters is 1. The van der Waals surface area contributed by atoms with Crippen molar-refractivity contribution < 1.29 is 19.4 Å². The standard InChI is InChI=1S/C11H18O4/c1-5-15-10(14)11(4,9(12)13)7-6-8(2)3/h2,5-7H2,1,3-4H3,(H,12,13). The summed E-state index contributed by atoms with van der Waals surface area (Å²) in [6.07, 6.45) is 0.720. The smallest absolute Gasteiger partial charge is 0.323 e. The van der Waals surface area contributed by atoms with Crippen molar-refractivity contribution in [3.8, 4) is 0 Å². The molecular formula is C11H18O4. The minimum absolute atomic E-state index is 0.189. The van der Waals surface area contributed by atoms with E-state index in [2.05, 4.69) is 6.58 Å². The first-order valence-corrected chi connectivity index (χ1v) is 4.89. The lowest BCUT2D eigenvalue weighted by Gasteiger charge is -2.22. The molecule has 0 fully saturated rings. The molecular weight excluding hydrogens is 196 g/mol. The van der Waals surface area contributed by atoms with Crippen LogP contribution in [0.2, 0.25) is 0 Å². The summed E-state index contributed by atoms with van der Waals surface area (Å²) in [6, 6.07) is 0. The van der Waals surface area contributed by atoms with E-state index in [9.17, 15) is 9.59 Å². The summed E-state index contributed by atoms with van der Waals surface area (Å²) in [5.74, 6) is -1.83. The number of hydrogen-bond donors (Lipinski definition) is 1. The third-order valence-corrected chi connectivity index (χ3v) is 2.25. The van der Waals surface area contributed by atoms with Crippen molar-refractivity contribution in [2.75, 3.05) is 6.61 Å². The molecule has 0 aliphatic carbocycles. The molecule has 0 bridgehead atoms. The molecule has 0 radical (unpaired) electrons. The second kappa shape index (κ2) is 5.53. The van der Waals surface area contributed by atoms with Gasteiger partial charge < -0.3 is 9.84 Å². The second-order valence-electron chi connectivity index (χ2n) is 3.81. The van der Waals surface area contributed by atoms with Gasteiger partial charge in [-0.3, -0.25) is 9.59 Å². The first-order valence-electron chi connectivity index (χ1n) is 4.89. The van der Waals surface area contributed by atoms with Gasteiger partial charge in [0.05, 0.1) is 6.61 Å². The molecule has 0 amide bonds. The molecule has 0 aromatic rings. The highest BCUT2D eigenvalue weighted by molar-refractivity contribution is 5.98. The van der Waals surface area contributed by atoms with E-state index >= 15 is 0 Å². The number of ether oxygens (including phenoxy) is 1. The summed E-state index contributed by atoms with van der Waals surface area (Å²) >= 11 is 0. The monoisotopic (exact) mass is 214 g/mol. The van der Waals surface area contributed by atoms with Gasteiger partial charge >= 0.3 is 11.9 Å². The van der Waals surface area contributed by atoms with Crippen LogP contribution in [-0.4, -0.2) is 23.7 Å². The van der Waals surface area contributed by atoms with Crippen LogP contribution in [0.1, 0.15) is 33.6 Å². The first kappa shape index (κ1) is 13.7. The van der Waals surface area contributed by atoms with E-state index in [0.717, 1.165) is 5.57 Å². The summed E-state index contributed by atoms with van der Waals surface area (Å²) in [5, 5.41) is 9.01. The van der Waals surface area contributed by atoms with Crippen LogP contribution < -0.4 is 0 Å². The normalized spacial score (nSPS) is 14.1. The Labute approximate surface area is 89.9 Å². The Morgan fingerprint density at radius 1 is 1.47 bits per heavy atom. The SMILES string of the molecule is C=C(C)CCC(C)(C(=O)O)C(=O)OCC. The minimum atomic E-state index is -1.46. The van der Waals surface area contributed by atoms with Gasteiger partial charge in [-0.15, -0.1) is 6.58 Å². The maximum atomic E-state index is 11.5. The lowest BCUT2D eigenvalue weighted by Crippen LogP contribution is -2.38. The molecule has 0 heterocycles. The minimum Gasteiger partial charge on any atom is -0.480 e. The van der Waals surface area contributed by atoms with Crippen LogP contribution in [0, 0.1) is 5.41 Å². The molecule has 1 unspecified atom stereocenters.